The predicted octanol–water partition coefficient (Wildman–Crippen LogP) is 4.90. The van der Waals surface area contributed by atoms with Crippen LogP contribution in [0.1, 0.15) is 23.7 Å². The van der Waals surface area contributed by atoms with Crippen molar-refractivity contribution in [2.24, 2.45) is 5.92 Å². The minimum Gasteiger partial charge on any atom is -0.367 e. The van der Waals surface area contributed by atoms with Crippen molar-refractivity contribution in [1.82, 2.24) is 15.2 Å². The van der Waals surface area contributed by atoms with E-state index in [2.05, 4.69) is 32.7 Å². The molecule has 1 unspecified atom stereocenters. The molecule has 7 nitrogen and oxygen atoms in total. The van der Waals surface area contributed by atoms with Gasteiger partial charge in [-0.25, -0.2) is 4.39 Å². The molecule has 1 saturated heterocycles. The number of nitrogens with one attached hydrogen (secondary N) is 2. The number of halogens is 1. The Morgan fingerprint density at radius 2 is 1.88 bits per heavy atom. The number of aromatic nitrogens is 1. The molecule has 2 atom stereocenters. The number of carbonyl (C=O) groups is 2. The fourth-order valence-corrected chi connectivity index (χ4v) is 5.48. The van der Waals surface area contributed by atoms with Gasteiger partial charge in [0.25, 0.3) is 5.91 Å². The number of amides is 2. The maximum Gasteiger partial charge on any atom is 0.256 e. The number of piperazine rings is 1. The zero-order valence-electron chi connectivity index (χ0n) is 22.6. The molecule has 0 saturated carbocycles. The van der Waals surface area contributed by atoms with Crippen molar-refractivity contribution in [3.8, 4) is 11.1 Å². The molecular formula is C32H34FN5O2. The van der Waals surface area contributed by atoms with E-state index in [1.807, 2.05) is 48.2 Å². The van der Waals surface area contributed by atoms with E-state index in [0.29, 0.717) is 49.7 Å². The van der Waals surface area contributed by atoms with Crippen LogP contribution in [0, 0.1) is 11.7 Å². The Labute approximate surface area is 234 Å². The second-order valence-electron chi connectivity index (χ2n) is 9.98. The smallest absolute Gasteiger partial charge is 0.256 e. The second-order valence-corrected chi connectivity index (χ2v) is 9.98. The average molecular weight is 540 g/mol. The molecular weight excluding hydrogens is 505 g/mol. The van der Waals surface area contributed by atoms with Crippen LogP contribution in [0.4, 0.5) is 15.8 Å². The first-order chi connectivity index (χ1) is 19.5. The van der Waals surface area contributed by atoms with Gasteiger partial charge in [0.05, 0.1) is 11.7 Å². The minimum absolute atomic E-state index is 0.0391. The van der Waals surface area contributed by atoms with E-state index in [0.717, 1.165) is 17.5 Å². The number of nitrogens with zero attached hydrogens (tertiary/aromatic N) is 3. The monoisotopic (exact) mass is 539 g/mol. The molecule has 1 aromatic heterocycles. The van der Waals surface area contributed by atoms with Gasteiger partial charge in [-0.2, -0.15) is 0 Å². The van der Waals surface area contributed by atoms with E-state index in [1.54, 1.807) is 36.7 Å². The molecule has 2 N–H and O–H groups in total. The highest BCUT2D eigenvalue weighted by atomic mass is 19.1. The molecule has 2 aromatic carbocycles. The molecule has 2 amide bonds. The normalized spacial score (nSPS) is 17.9. The summed E-state index contributed by atoms with van der Waals surface area (Å²) in [6.07, 6.45) is 12.4. The molecule has 40 heavy (non-hydrogen) atoms. The second kappa shape index (κ2) is 12.7. The summed E-state index contributed by atoms with van der Waals surface area (Å²) in [4.78, 5) is 34.4. The summed E-state index contributed by atoms with van der Waals surface area (Å²) in [5.41, 5.74) is 2.96. The lowest BCUT2D eigenvalue weighted by atomic mass is 9.90. The number of pyridine rings is 1. The average Bonchev–Trinajstić information content (AvgIpc) is 2.99. The number of allylic oxidation sites excluding steroid dienone is 3. The summed E-state index contributed by atoms with van der Waals surface area (Å²) >= 11 is 0. The highest BCUT2D eigenvalue weighted by molar-refractivity contribution is 6.08. The van der Waals surface area contributed by atoms with Gasteiger partial charge in [0.1, 0.15) is 5.82 Å². The summed E-state index contributed by atoms with van der Waals surface area (Å²) in [5, 5.41) is 5.83. The largest absolute Gasteiger partial charge is 0.367 e. The number of benzene rings is 2. The van der Waals surface area contributed by atoms with Gasteiger partial charge < -0.3 is 15.5 Å². The Kier molecular flexibility index (Phi) is 8.66. The van der Waals surface area contributed by atoms with E-state index in [9.17, 15) is 9.59 Å². The van der Waals surface area contributed by atoms with Crippen molar-refractivity contribution >= 4 is 23.2 Å². The summed E-state index contributed by atoms with van der Waals surface area (Å²) in [7, 11) is 0. The molecule has 1 aliphatic carbocycles. The molecule has 8 heteroatoms. The Balaban J connectivity index is 1.25. The van der Waals surface area contributed by atoms with Crippen molar-refractivity contribution in [3.63, 3.8) is 0 Å². The van der Waals surface area contributed by atoms with E-state index in [1.165, 1.54) is 6.07 Å². The Hall–Kier alpha value is -4.30. The first kappa shape index (κ1) is 27.3. The lowest BCUT2D eigenvalue weighted by Crippen LogP contribution is -2.57. The van der Waals surface area contributed by atoms with Crippen LogP contribution in [0.3, 0.4) is 0 Å². The molecule has 5 rings (SSSR count). The van der Waals surface area contributed by atoms with Crippen LogP contribution in [0.15, 0.2) is 91.3 Å². The van der Waals surface area contributed by atoms with Gasteiger partial charge in [0.15, 0.2) is 0 Å². The minimum atomic E-state index is -0.396. The zero-order chi connectivity index (χ0) is 27.9. The third kappa shape index (κ3) is 6.13. The highest BCUT2D eigenvalue weighted by Crippen LogP contribution is 2.28. The highest BCUT2D eigenvalue weighted by Gasteiger charge is 2.34. The van der Waals surface area contributed by atoms with Gasteiger partial charge >= 0.3 is 0 Å². The van der Waals surface area contributed by atoms with Crippen LogP contribution >= 0.6 is 0 Å². The van der Waals surface area contributed by atoms with Gasteiger partial charge in [0.2, 0.25) is 5.91 Å². The maximum absolute atomic E-state index is 15.3. The van der Waals surface area contributed by atoms with E-state index in [-0.39, 0.29) is 23.8 Å². The van der Waals surface area contributed by atoms with Gasteiger partial charge in [-0.15, -0.1) is 0 Å². The van der Waals surface area contributed by atoms with Crippen molar-refractivity contribution in [1.29, 1.82) is 0 Å². The van der Waals surface area contributed by atoms with Gasteiger partial charge in [-0.05, 0) is 49.2 Å². The van der Waals surface area contributed by atoms with Crippen molar-refractivity contribution in [3.05, 3.63) is 103 Å². The first-order valence-electron chi connectivity index (χ1n) is 13.8. The van der Waals surface area contributed by atoms with Crippen molar-refractivity contribution in [2.75, 3.05) is 42.9 Å². The molecule has 3 aromatic rings. The number of likely N-dealkylation sites (N-methyl/N-ethyl adjacent to an activating group) is 1. The van der Waals surface area contributed by atoms with Gasteiger partial charge in [-0.3, -0.25) is 19.5 Å². The van der Waals surface area contributed by atoms with E-state index in [4.69, 9.17) is 0 Å². The Morgan fingerprint density at radius 1 is 1.05 bits per heavy atom. The molecule has 0 radical (unpaired) electrons. The van der Waals surface area contributed by atoms with Crippen LogP contribution < -0.4 is 15.5 Å². The Bertz CT molecular complexity index is 1400. The van der Waals surface area contributed by atoms with Gasteiger partial charge in [0, 0.05) is 67.8 Å². The lowest BCUT2D eigenvalue weighted by Gasteiger charge is -2.41. The lowest BCUT2D eigenvalue weighted by molar-refractivity contribution is -0.127. The zero-order valence-corrected chi connectivity index (χ0v) is 22.6. The summed E-state index contributed by atoms with van der Waals surface area (Å²) in [6, 6.07) is 15.6. The van der Waals surface area contributed by atoms with Gasteiger partial charge in [-0.1, -0.05) is 48.6 Å². The molecule has 0 bridgehead atoms. The number of anilines is 2. The topological polar surface area (TPSA) is 77.6 Å². The summed E-state index contributed by atoms with van der Waals surface area (Å²) in [6.45, 7) is 5.02. The van der Waals surface area contributed by atoms with Crippen molar-refractivity contribution < 1.29 is 14.0 Å². The fraction of sp³-hybridized carbons (Fsp3) is 0.281. The van der Waals surface area contributed by atoms with Crippen LogP contribution in [0.5, 0.6) is 0 Å². The molecule has 2 heterocycles. The van der Waals surface area contributed by atoms with Crippen molar-refractivity contribution in [2.45, 2.75) is 19.4 Å². The number of hydrogen-bond donors (Lipinski definition) is 2. The maximum atomic E-state index is 15.3. The molecule has 206 valence electrons. The number of carbonyl (C=O) groups excluding carboxylic acids is 2. The Morgan fingerprint density at radius 3 is 2.58 bits per heavy atom. The summed E-state index contributed by atoms with van der Waals surface area (Å²) < 4.78 is 15.3. The summed E-state index contributed by atoms with van der Waals surface area (Å²) in [5.74, 6) is -0.557. The number of rotatable bonds is 8. The quantitative estimate of drug-likeness (QED) is 0.426. The molecule has 2 aliphatic rings. The van der Waals surface area contributed by atoms with Crippen LogP contribution in [-0.2, 0) is 4.79 Å². The molecule has 1 fully saturated rings. The standard InChI is InChI=1S/C32H34FN5O2/c1-2-35-32(40)30(23-9-4-3-5-10-23)38-19-17-37(18-20-38)29-15-14-25(21-28(29)33)36-31(39)27-13-7-6-12-26(27)24-11-8-16-34-22-24/h3-9,11-16,21-23,30H,2,10,17-20H2,1H3,(H,35,40)(H,36,39)/t23?,30-/m0/s1. The van der Waals surface area contributed by atoms with Crippen LogP contribution in [-0.4, -0.2) is 60.5 Å². The number of hydrogen-bond acceptors (Lipinski definition) is 5. The van der Waals surface area contributed by atoms with E-state index < -0.39 is 5.82 Å². The first-order valence-corrected chi connectivity index (χ1v) is 13.8. The molecule has 0 spiro atoms. The van der Waals surface area contributed by atoms with E-state index >= 15 is 4.39 Å². The molecule has 1 aliphatic heterocycles. The third-order valence-electron chi connectivity index (χ3n) is 7.44. The fourth-order valence-electron chi connectivity index (χ4n) is 5.48. The third-order valence-corrected chi connectivity index (χ3v) is 7.44. The SMILES string of the molecule is CCNC(=O)[C@H](C1C=CC=CC1)N1CCN(c2ccc(NC(=O)c3ccccc3-c3cccnc3)cc2F)CC1. The van der Waals surface area contributed by atoms with Crippen LogP contribution in [0.25, 0.3) is 11.1 Å². The predicted molar refractivity (Wildman–Crippen MR) is 157 cm³/mol. The van der Waals surface area contributed by atoms with Crippen LogP contribution in [0.2, 0.25) is 0 Å².